The van der Waals surface area contributed by atoms with Crippen LogP contribution in [0, 0.1) is 21.8 Å². The number of hydrogen-bond donors (Lipinski definition) is 1. The zero-order chi connectivity index (χ0) is 16.0. The third-order valence-electron chi connectivity index (χ3n) is 3.11. The highest BCUT2D eigenvalue weighted by atomic mass is 19.1. The molecular weight excluding hydrogens is 279 g/mol. The number of benzene rings is 1. The maximum Gasteiger partial charge on any atom is 0.313 e. The summed E-state index contributed by atoms with van der Waals surface area (Å²) in [6.07, 6.45) is 0. The molecule has 118 valence electrons. The van der Waals surface area contributed by atoms with Crippen molar-refractivity contribution >= 4 is 11.4 Å². The predicted molar refractivity (Wildman–Crippen MR) is 78.3 cm³/mol. The van der Waals surface area contributed by atoms with Gasteiger partial charge in [0.2, 0.25) is 0 Å². The largest absolute Gasteiger partial charge is 0.490 e. The molecule has 1 unspecified atom stereocenters. The van der Waals surface area contributed by atoms with Crippen LogP contribution in [0.1, 0.15) is 20.8 Å². The maximum absolute atomic E-state index is 14.0. The minimum absolute atomic E-state index is 0.0165. The molecular formula is C14H21FN2O4. The first-order valence-corrected chi connectivity index (χ1v) is 6.76. The molecule has 0 amide bonds. The average Bonchev–Trinajstić information content (AvgIpc) is 2.43. The Morgan fingerprint density at radius 1 is 1.43 bits per heavy atom. The van der Waals surface area contributed by atoms with Crippen molar-refractivity contribution in [1.82, 2.24) is 0 Å². The summed E-state index contributed by atoms with van der Waals surface area (Å²) in [5, 5.41) is 13.9. The third-order valence-corrected chi connectivity index (χ3v) is 3.11. The van der Waals surface area contributed by atoms with E-state index in [-0.39, 0.29) is 23.4 Å². The Balaban J connectivity index is 3.03. The molecule has 0 aromatic heterocycles. The smallest absolute Gasteiger partial charge is 0.313 e. The molecule has 1 rings (SSSR count). The summed E-state index contributed by atoms with van der Waals surface area (Å²) in [5.74, 6) is -0.468. The number of rotatable bonds is 8. The molecule has 0 aliphatic rings. The number of methoxy groups -OCH3 is 1. The first-order valence-electron chi connectivity index (χ1n) is 6.76. The van der Waals surface area contributed by atoms with Gasteiger partial charge in [0, 0.05) is 12.7 Å². The lowest BCUT2D eigenvalue weighted by atomic mass is 10.0. The van der Waals surface area contributed by atoms with Gasteiger partial charge in [-0.3, -0.25) is 10.1 Å². The second-order valence-electron chi connectivity index (χ2n) is 4.92. The van der Waals surface area contributed by atoms with Crippen molar-refractivity contribution in [2.24, 2.45) is 5.92 Å². The van der Waals surface area contributed by atoms with Crippen LogP contribution in [0.15, 0.2) is 12.1 Å². The molecule has 0 aliphatic heterocycles. The Kier molecular flexibility index (Phi) is 6.36. The van der Waals surface area contributed by atoms with E-state index in [1.807, 2.05) is 20.8 Å². The fraction of sp³-hybridized carbons (Fsp3) is 0.571. The highest BCUT2D eigenvalue weighted by Crippen LogP contribution is 2.32. The Morgan fingerprint density at radius 2 is 2.10 bits per heavy atom. The highest BCUT2D eigenvalue weighted by molar-refractivity contribution is 5.59. The summed E-state index contributed by atoms with van der Waals surface area (Å²) in [6.45, 7) is 6.84. The summed E-state index contributed by atoms with van der Waals surface area (Å²) in [5.41, 5.74) is -0.234. The number of nitro groups is 1. The molecule has 21 heavy (non-hydrogen) atoms. The summed E-state index contributed by atoms with van der Waals surface area (Å²) in [6, 6.07) is 2.05. The van der Waals surface area contributed by atoms with E-state index in [1.165, 1.54) is 13.2 Å². The maximum atomic E-state index is 14.0. The third kappa shape index (κ3) is 4.56. The van der Waals surface area contributed by atoms with E-state index in [9.17, 15) is 14.5 Å². The normalized spacial score (nSPS) is 12.3. The van der Waals surface area contributed by atoms with E-state index in [1.54, 1.807) is 0 Å². The molecule has 0 aliphatic carbocycles. The molecule has 6 nitrogen and oxygen atoms in total. The number of ether oxygens (including phenoxy) is 2. The number of nitrogens with zero attached hydrogens (tertiary/aromatic N) is 1. The van der Waals surface area contributed by atoms with Crippen LogP contribution in [0.25, 0.3) is 0 Å². The van der Waals surface area contributed by atoms with Gasteiger partial charge in [0.05, 0.1) is 36.4 Å². The van der Waals surface area contributed by atoms with Crippen molar-refractivity contribution < 1.29 is 18.8 Å². The molecule has 0 heterocycles. The summed E-state index contributed by atoms with van der Waals surface area (Å²) < 4.78 is 24.3. The lowest BCUT2D eigenvalue weighted by molar-refractivity contribution is -0.385. The Hall–Kier alpha value is -1.89. The van der Waals surface area contributed by atoms with Gasteiger partial charge in [0.1, 0.15) is 0 Å². The first kappa shape index (κ1) is 17.2. The molecule has 1 aromatic carbocycles. The van der Waals surface area contributed by atoms with Gasteiger partial charge in [-0.05, 0) is 12.8 Å². The molecule has 1 atom stereocenters. The van der Waals surface area contributed by atoms with E-state index in [0.29, 0.717) is 13.2 Å². The van der Waals surface area contributed by atoms with Crippen molar-refractivity contribution in [3.8, 4) is 5.75 Å². The minimum atomic E-state index is -0.690. The van der Waals surface area contributed by atoms with Gasteiger partial charge in [-0.25, -0.2) is 4.39 Å². The first-order chi connectivity index (χ1) is 9.90. The molecule has 0 radical (unpaired) electrons. The molecule has 1 aromatic rings. The van der Waals surface area contributed by atoms with Gasteiger partial charge in [0.25, 0.3) is 0 Å². The van der Waals surface area contributed by atoms with Gasteiger partial charge in [-0.1, -0.05) is 13.8 Å². The molecule has 0 bridgehead atoms. The van der Waals surface area contributed by atoms with Gasteiger partial charge < -0.3 is 14.8 Å². The SMILES string of the molecule is CCOCC(Nc1cc(OC)c([N+](=O)[O-])cc1F)C(C)C. The van der Waals surface area contributed by atoms with Gasteiger partial charge in [-0.2, -0.15) is 0 Å². The van der Waals surface area contributed by atoms with Crippen LogP contribution in [0.5, 0.6) is 5.75 Å². The zero-order valence-electron chi connectivity index (χ0n) is 12.7. The monoisotopic (exact) mass is 300 g/mol. The molecule has 0 saturated carbocycles. The standard InChI is InChI=1S/C14H21FN2O4/c1-5-21-8-12(9(2)3)16-11-7-14(20-4)13(17(18)19)6-10(11)15/h6-7,9,12,16H,5,8H2,1-4H3. The van der Waals surface area contributed by atoms with Gasteiger partial charge in [-0.15, -0.1) is 0 Å². The number of nitrogens with one attached hydrogen (secondary N) is 1. The predicted octanol–water partition coefficient (Wildman–Crippen LogP) is 3.22. The molecule has 0 spiro atoms. The van der Waals surface area contributed by atoms with Gasteiger partial charge in [0.15, 0.2) is 11.6 Å². The molecule has 7 heteroatoms. The Morgan fingerprint density at radius 3 is 2.57 bits per heavy atom. The van der Waals surface area contributed by atoms with Crippen molar-refractivity contribution in [2.75, 3.05) is 25.6 Å². The van der Waals surface area contributed by atoms with Crippen LogP contribution < -0.4 is 10.1 Å². The van der Waals surface area contributed by atoms with Crippen molar-refractivity contribution in [1.29, 1.82) is 0 Å². The van der Waals surface area contributed by atoms with Crippen LogP contribution in [0.3, 0.4) is 0 Å². The topological polar surface area (TPSA) is 73.6 Å². The van der Waals surface area contributed by atoms with Crippen molar-refractivity contribution in [3.63, 3.8) is 0 Å². The van der Waals surface area contributed by atoms with Crippen LogP contribution in [0.4, 0.5) is 15.8 Å². The van der Waals surface area contributed by atoms with Gasteiger partial charge >= 0.3 is 5.69 Å². The summed E-state index contributed by atoms with van der Waals surface area (Å²) >= 11 is 0. The number of hydrogen-bond acceptors (Lipinski definition) is 5. The van der Waals surface area contributed by atoms with E-state index < -0.39 is 16.4 Å². The number of halogens is 1. The average molecular weight is 300 g/mol. The Labute approximate surface area is 123 Å². The summed E-state index contributed by atoms with van der Waals surface area (Å²) in [4.78, 5) is 10.2. The van der Waals surface area contributed by atoms with Crippen molar-refractivity contribution in [3.05, 3.63) is 28.1 Å². The lowest BCUT2D eigenvalue weighted by Gasteiger charge is -2.23. The number of anilines is 1. The molecule has 0 saturated heterocycles. The molecule has 0 fully saturated rings. The highest BCUT2D eigenvalue weighted by Gasteiger charge is 2.21. The van der Waals surface area contributed by atoms with Crippen LogP contribution in [-0.2, 0) is 4.74 Å². The summed E-state index contributed by atoms with van der Waals surface area (Å²) in [7, 11) is 1.31. The Bertz CT molecular complexity index is 494. The van der Waals surface area contributed by atoms with Crippen LogP contribution in [-0.4, -0.2) is 31.3 Å². The fourth-order valence-corrected chi connectivity index (χ4v) is 1.81. The zero-order valence-corrected chi connectivity index (χ0v) is 12.7. The van der Waals surface area contributed by atoms with E-state index >= 15 is 0 Å². The van der Waals surface area contributed by atoms with E-state index in [0.717, 1.165) is 6.07 Å². The van der Waals surface area contributed by atoms with E-state index in [2.05, 4.69) is 5.32 Å². The lowest BCUT2D eigenvalue weighted by Crippen LogP contribution is -2.31. The fourth-order valence-electron chi connectivity index (χ4n) is 1.81. The van der Waals surface area contributed by atoms with E-state index in [4.69, 9.17) is 9.47 Å². The second kappa shape index (κ2) is 7.78. The molecule has 1 N–H and O–H groups in total. The van der Waals surface area contributed by atoms with Crippen molar-refractivity contribution in [2.45, 2.75) is 26.8 Å². The minimum Gasteiger partial charge on any atom is -0.490 e. The van der Waals surface area contributed by atoms with Crippen LogP contribution in [0.2, 0.25) is 0 Å². The quantitative estimate of drug-likeness (QED) is 0.589. The number of nitro benzene ring substituents is 1. The van der Waals surface area contributed by atoms with Crippen LogP contribution >= 0.6 is 0 Å². The second-order valence-corrected chi connectivity index (χ2v) is 4.92.